The number of likely N-dealkylation sites (N-methyl/N-ethyl adjacent to an activating group) is 1. The van der Waals surface area contributed by atoms with Gasteiger partial charge in [-0.05, 0) is 51.8 Å². The summed E-state index contributed by atoms with van der Waals surface area (Å²) in [5.74, 6) is 0.953. The molecule has 102 valence electrons. The lowest BCUT2D eigenvalue weighted by atomic mass is 10.0. The molecular formula is C15H27N3. The minimum absolute atomic E-state index is 0.953. The normalized spacial score (nSPS) is 16.6. The van der Waals surface area contributed by atoms with Gasteiger partial charge in [0.05, 0.1) is 5.69 Å². The van der Waals surface area contributed by atoms with Crippen molar-refractivity contribution in [2.45, 2.75) is 58.9 Å². The molecule has 18 heavy (non-hydrogen) atoms. The number of aromatic nitrogens is 2. The van der Waals surface area contributed by atoms with Gasteiger partial charge in [0.2, 0.25) is 0 Å². The van der Waals surface area contributed by atoms with E-state index in [0.29, 0.717) is 0 Å². The van der Waals surface area contributed by atoms with Gasteiger partial charge >= 0.3 is 0 Å². The van der Waals surface area contributed by atoms with Crippen LogP contribution < -0.4 is 5.32 Å². The number of hydrogen-bond donors (Lipinski definition) is 1. The minimum Gasteiger partial charge on any atom is -0.319 e. The minimum atomic E-state index is 0.953. The summed E-state index contributed by atoms with van der Waals surface area (Å²) in [6.45, 7) is 6.51. The number of nitrogens with zero attached hydrogens (tertiary/aromatic N) is 2. The van der Waals surface area contributed by atoms with E-state index in [1.807, 2.05) is 7.05 Å². The maximum absolute atomic E-state index is 4.71. The van der Waals surface area contributed by atoms with Crippen molar-refractivity contribution in [1.29, 1.82) is 0 Å². The van der Waals surface area contributed by atoms with Crippen molar-refractivity contribution in [2.24, 2.45) is 5.92 Å². The van der Waals surface area contributed by atoms with Crippen LogP contribution in [0.25, 0.3) is 0 Å². The predicted octanol–water partition coefficient (Wildman–Crippen LogP) is 2.84. The van der Waals surface area contributed by atoms with Crippen molar-refractivity contribution >= 4 is 0 Å². The lowest BCUT2D eigenvalue weighted by Crippen LogP contribution is -2.11. The Bertz CT molecular complexity index is 375. The summed E-state index contributed by atoms with van der Waals surface area (Å²) in [6.07, 6.45) is 8.16. The van der Waals surface area contributed by atoms with Crippen LogP contribution in [0.2, 0.25) is 0 Å². The second-order valence-corrected chi connectivity index (χ2v) is 5.67. The molecule has 1 saturated carbocycles. The van der Waals surface area contributed by atoms with Crippen molar-refractivity contribution in [3.05, 3.63) is 17.0 Å². The number of nitrogens with one attached hydrogen (secondary N) is 1. The smallest absolute Gasteiger partial charge is 0.0628 e. The maximum atomic E-state index is 4.71. The van der Waals surface area contributed by atoms with Crippen molar-refractivity contribution in [1.82, 2.24) is 15.1 Å². The van der Waals surface area contributed by atoms with Gasteiger partial charge in [0.1, 0.15) is 0 Å². The van der Waals surface area contributed by atoms with Crippen LogP contribution in [-0.4, -0.2) is 23.4 Å². The van der Waals surface area contributed by atoms with Crippen molar-refractivity contribution < 1.29 is 0 Å². The van der Waals surface area contributed by atoms with Gasteiger partial charge in [-0.3, -0.25) is 4.68 Å². The highest BCUT2D eigenvalue weighted by Crippen LogP contribution is 2.28. The van der Waals surface area contributed by atoms with Crippen molar-refractivity contribution in [3.8, 4) is 0 Å². The van der Waals surface area contributed by atoms with Gasteiger partial charge in [-0.25, -0.2) is 0 Å². The van der Waals surface area contributed by atoms with Gasteiger partial charge in [-0.15, -0.1) is 0 Å². The molecule has 3 heteroatoms. The highest BCUT2D eigenvalue weighted by atomic mass is 15.3. The van der Waals surface area contributed by atoms with Gasteiger partial charge in [0, 0.05) is 12.2 Å². The molecule has 1 fully saturated rings. The molecule has 1 aliphatic carbocycles. The van der Waals surface area contributed by atoms with E-state index in [1.165, 1.54) is 49.1 Å². The van der Waals surface area contributed by atoms with E-state index in [4.69, 9.17) is 5.10 Å². The Balaban J connectivity index is 1.95. The zero-order valence-electron chi connectivity index (χ0n) is 12.1. The van der Waals surface area contributed by atoms with Crippen LogP contribution in [-0.2, 0) is 13.0 Å². The summed E-state index contributed by atoms with van der Waals surface area (Å²) in [7, 11) is 2.01. The summed E-state index contributed by atoms with van der Waals surface area (Å²) in [4.78, 5) is 0. The number of hydrogen-bond acceptors (Lipinski definition) is 2. The molecule has 0 bridgehead atoms. The Hall–Kier alpha value is -0.830. The van der Waals surface area contributed by atoms with Crippen LogP contribution in [0.4, 0.5) is 0 Å². The van der Waals surface area contributed by atoms with Gasteiger partial charge in [-0.2, -0.15) is 5.10 Å². The van der Waals surface area contributed by atoms with E-state index in [1.54, 1.807) is 0 Å². The monoisotopic (exact) mass is 249 g/mol. The second-order valence-electron chi connectivity index (χ2n) is 5.67. The standard InChI is InChI=1S/C15H27N3/c1-12-15(8-10-16-3)13(2)18(17-12)11-9-14-6-4-5-7-14/h14,16H,4-11H2,1-3H3. The molecule has 1 aromatic rings. The Labute approximate surface area is 111 Å². The Morgan fingerprint density at radius 2 is 2.00 bits per heavy atom. The molecule has 0 saturated heterocycles. The molecule has 1 heterocycles. The molecule has 0 aromatic carbocycles. The first-order chi connectivity index (χ1) is 8.72. The quantitative estimate of drug-likeness (QED) is 0.840. The predicted molar refractivity (Wildman–Crippen MR) is 75.9 cm³/mol. The summed E-state index contributed by atoms with van der Waals surface area (Å²) in [5, 5.41) is 7.93. The number of aryl methyl sites for hydroxylation is 2. The highest BCUT2D eigenvalue weighted by Gasteiger charge is 2.16. The molecule has 0 radical (unpaired) electrons. The summed E-state index contributed by atoms with van der Waals surface area (Å²) in [6, 6.07) is 0. The summed E-state index contributed by atoms with van der Waals surface area (Å²) in [5.41, 5.74) is 4.03. The van der Waals surface area contributed by atoms with E-state index in [0.717, 1.165) is 25.4 Å². The van der Waals surface area contributed by atoms with E-state index in [9.17, 15) is 0 Å². The van der Waals surface area contributed by atoms with E-state index in [2.05, 4.69) is 23.8 Å². The topological polar surface area (TPSA) is 29.9 Å². The maximum Gasteiger partial charge on any atom is 0.0628 e. The lowest BCUT2D eigenvalue weighted by molar-refractivity contribution is 0.434. The molecule has 1 aliphatic rings. The Morgan fingerprint density at radius 3 is 2.67 bits per heavy atom. The van der Waals surface area contributed by atoms with Crippen LogP contribution in [0.15, 0.2) is 0 Å². The largest absolute Gasteiger partial charge is 0.319 e. The van der Waals surface area contributed by atoms with Crippen LogP contribution in [0.5, 0.6) is 0 Å². The van der Waals surface area contributed by atoms with E-state index >= 15 is 0 Å². The molecule has 3 nitrogen and oxygen atoms in total. The molecular weight excluding hydrogens is 222 g/mol. The zero-order valence-corrected chi connectivity index (χ0v) is 12.1. The van der Waals surface area contributed by atoms with Gasteiger partial charge in [0.15, 0.2) is 0 Å². The van der Waals surface area contributed by atoms with Crippen LogP contribution in [0.1, 0.15) is 49.1 Å². The van der Waals surface area contributed by atoms with Gasteiger partial charge in [-0.1, -0.05) is 25.7 Å². The van der Waals surface area contributed by atoms with Gasteiger partial charge < -0.3 is 5.32 Å². The number of rotatable bonds is 6. The first-order valence-electron chi connectivity index (χ1n) is 7.40. The highest BCUT2D eigenvalue weighted by molar-refractivity contribution is 5.24. The average molecular weight is 249 g/mol. The van der Waals surface area contributed by atoms with E-state index in [-0.39, 0.29) is 0 Å². The summed E-state index contributed by atoms with van der Waals surface area (Å²) >= 11 is 0. The molecule has 0 spiro atoms. The second kappa shape index (κ2) is 6.37. The van der Waals surface area contributed by atoms with Crippen molar-refractivity contribution in [2.75, 3.05) is 13.6 Å². The van der Waals surface area contributed by atoms with Crippen LogP contribution in [0, 0.1) is 19.8 Å². The molecule has 0 unspecified atom stereocenters. The van der Waals surface area contributed by atoms with Gasteiger partial charge in [0.25, 0.3) is 0 Å². The lowest BCUT2D eigenvalue weighted by Gasteiger charge is -2.10. The molecule has 1 aromatic heterocycles. The molecule has 0 amide bonds. The molecule has 1 N–H and O–H groups in total. The average Bonchev–Trinajstić information content (AvgIpc) is 2.95. The van der Waals surface area contributed by atoms with Crippen molar-refractivity contribution in [3.63, 3.8) is 0 Å². The third-order valence-electron chi connectivity index (χ3n) is 4.38. The zero-order chi connectivity index (χ0) is 13.0. The van der Waals surface area contributed by atoms with Crippen LogP contribution in [0.3, 0.4) is 0 Å². The molecule has 2 rings (SSSR count). The third kappa shape index (κ3) is 3.14. The SMILES string of the molecule is CNCCc1c(C)nn(CCC2CCCC2)c1C. The summed E-state index contributed by atoms with van der Waals surface area (Å²) < 4.78 is 2.23. The fraction of sp³-hybridized carbons (Fsp3) is 0.800. The van der Waals surface area contributed by atoms with Crippen LogP contribution >= 0.6 is 0 Å². The first kappa shape index (κ1) is 13.6. The molecule has 0 atom stereocenters. The third-order valence-corrected chi connectivity index (χ3v) is 4.38. The fourth-order valence-corrected chi connectivity index (χ4v) is 3.17. The first-order valence-corrected chi connectivity index (χ1v) is 7.40. The Morgan fingerprint density at radius 1 is 1.28 bits per heavy atom. The fourth-order valence-electron chi connectivity index (χ4n) is 3.17. The molecule has 0 aliphatic heterocycles. The Kier molecular flexibility index (Phi) is 4.81. The van der Waals surface area contributed by atoms with E-state index < -0.39 is 0 Å².